The largest absolute Gasteiger partial charge is 0.324 e. The topological polar surface area (TPSA) is 36.4 Å². The molecule has 5 heteroatoms. The van der Waals surface area contributed by atoms with Crippen molar-refractivity contribution in [1.82, 2.24) is 9.88 Å². The molecule has 0 radical (unpaired) electrons. The Morgan fingerprint density at radius 1 is 1.14 bits per heavy atom. The third-order valence-corrected chi connectivity index (χ3v) is 5.01. The molecule has 1 aliphatic rings. The van der Waals surface area contributed by atoms with E-state index in [9.17, 15) is 4.21 Å². The van der Waals surface area contributed by atoms with Crippen LogP contribution < -0.4 is 4.90 Å². The van der Waals surface area contributed by atoms with Gasteiger partial charge in [-0.25, -0.2) is 9.19 Å². The van der Waals surface area contributed by atoms with Crippen LogP contribution in [0.5, 0.6) is 0 Å². The van der Waals surface area contributed by atoms with E-state index in [4.69, 9.17) is 0 Å². The number of pyridine rings is 1. The first-order valence-electron chi connectivity index (χ1n) is 7.06. The number of anilines is 2. The predicted molar refractivity (Wildman–Crippen MR) is 85.5 cm³/mol. The van der Waals surface area contributed by atoms with Crippen LogP contribution in [0.4, 0.5) is 11.5 Å². The minimum absolute atomic E-state index is 0.807. The van der Waals surface area contributed by atoms with Crippen molar-refractivity contribution in [2.45, 2.75) is 16.2 Å². The van der Waals surface area contributed by atoms with Gasteiger partial charge in [0, 0.05) is 12.7 Å². The van der Waals surface area contributed by atoms with Crippen LogP contribution in [0.1, 0.15) is 6.42 Å². The molecule has 3 rings (SSSR count). The molecular weight excluding hydrogens is 282 g/mol. The minimum atomic E-state index is -1.14. The molecular formula is C16H19N3OS. The summed E-state index contributed by atoms with van der Waals surface area (Å²) in [6.07, 6.45) is 2.80. The average Bonchev–Trinajstić information content (AvgIpc) is 2.50. The number of para-hydroxylation sites is 1. The summed E-state index contributed by atoms with van der Waals surface area (Å²) in [7, 11) is 3.01. The quantitative estimate of drug-likeness (QED) is 0.870. The van der Waals surface area contributed by atoms with E-state index in [2.05, 4.69) is 28.9 Å². The van der Waals surface area contributed by atoms with Gasteiger partial charge in [0.1, 0.15) is 5.82 Å². The van der Waals surface area contributed by atoms with E-state index in [0.717, 1.165) is 40.8 Å². The number of hydrogen-bond acceptors (Lipinski definition) is 4. The van der Waals surface area contributed by atoms with E-state index in [0.29, 0.717) is 0 Å². The minimum Gasteiger partial charge on any atom is -0.324 e. The Morgan fingerprint density at radius 3 is 2.71 bits per heavy atom. The highest BCUT2D eigenvalue weighted by atomic mass is 32.2. The van der Waals surface area contributed by atoms with Gasteiger partial charge in [-0.15, -0.1) is 0 Å². The van der Waals surface area contributed by atoms with Crippen molar-refractivity contribution in [3.8, 4) is 0 Å². The first-order valence-corrected chi connectivity index (χ1v) is 8.21. The Morgan fingerprint density at radius 2 is 1.90 bits per heavy atom. The van der Waals surface area contributed by atoms with Crippen molar-refractivity contribution in [1.29, 1.82) is 0 Å². The Hall–Kier alpha value is -1.72. The monoisotopic (exact) mass is 301 g/mol. The zero-order valence-electron chi connectivity index (χ0n) is 12.3. The summed E-state index contributed by atoms with van der Waals surface area (Å²) in [5.74, 6) is 0.827. The predicted octanol–water partition coefficient (Wildman–Crippen LogP) is 2.65. The molecule has 1 unspecified atom stereocenters. The van der Waals surface area contributed by atoms with Gasteiger partial charge in [0.25, 0.3) is 0 Å². The smallest absolute Gasteiger partial charge is 0.149 e. The van der Waals surface area contributed by atoms with Gasteiger partial charge in [0.15, 0.2) is 0 Å². The van der Waals surface area contributed by atoms with E-state index >= 15 is 0 Å². The van der Waals surface area contributed by atoms with Crippen LogP contribution in [0.3, 0.4) is 0 Å². The average molecular weight is 301 g/mol. The molecule has 1 aromatic carbocycles. The molecule has 0 saturated heterocycles. The Kier molecular flexibility index (Phi) is 4.03. The summed E-state index contributed by atoms with van der Waals surface area (Å²) >= 11 is 0. The standard InChI is InChI=1S/C16H19N3OS/c1-18(2)11-6-12-19-13-7-3-4-8-14(13)21(20)15-9-5-10-17-16(15)19/h3-5,7-10H,6,11-12H2,1-2H3. The van der Waals surface area contributed by atoms with Crippen LogP contribution >= 0.6 is 0 Å². The van der Waals surface area contributed by atoms with Gasteiger partial charge in [0.05, 0.1) is 26.3 Å². The molecule has 0 spiro atoms. The van der Waals surface area contributed by atoms with Gasteiger partial charge in [-0.2, -0.15) is 0 Å². The number of nitrogens with zero attached hydrogens (tertiary/aromatic N) is 3. The first kappa shape index (κ1) is 14.2. The number of benzene rings is 1. The van der Waals surface area contributed by atoms with Crippen molar-refractivity contribution in [3.63, 3.8) is 0 Å². The van der Waals surface area contributed by atoms with E-state index < -0.39 is 10.8 Å². The number of fused-ring (bicyclic) bond motifs is 2. The molecule has 1 aromatic heterocycles. The summed E-state index contributed by atoms with van der Waals surface area (Å²) in [4.78, 5) is 10.5. The number of hydrogen-bond donors (Lipinski definition) is 0. The number of rotatable bonds is 4. The fourth-order valence-electron chi connectivity index (χ4n) is 2.57. The SMILES string of the molecule is CN(C)CCCN1c2ccccc2S(=O)c2cccnc21. The Balaban J connectivity index is 1.99. The van der Waals surface area contributed by atoms with Crippen LogP contribution in [0.2, 0.25) is 0 Å². The third kappa shape index (κ3) is 2.71. The lowest BCUT2D eigenvalue weighted by atomic mass is 10.2. The molecule has 0 amide bonds. The van der Waals surface area contributed by atoms with Gasteiger partial charge in [-0.3, -0.25) is 0 Å². The number of aromatic nitrogens is 1. The zero-order chi connectivity index (χ0) is 14.8. The maximum absolute atomic E-state index is 12.7. The summed E-state index contributed by atoms with van der Waals surface area (Å²) in [5, 5.41) is 0. The second kappa shape index (κ2) is 5.95. The molecule has 110 valence electrons. The van der Waals surface area contributed by atoms with Crippen LogP contribution in [-0.4, -0.2) is 41.3 Å². The lowest BCUT2D eigenvalue weighted by Crippen LogP contribution is -2.28. The molecule has 1 aliphatic heterocycles. The van der Waals surface area contributed by atoms with Crippen LogP contribution in [0, 0.1) is 0 Å². The molecule has 0 saturated carbocycles. The lowest BCUT2D eigenvalue weighted by molar-refractivity contribution is 0.402. The highest BCUT2D eigenvalue weighted by Crippen LogP contribution is 2.40. The molecule has 0 bridgehead atoms. The molecule has 2 aromatic rings. The maximum atomic E-state index is 12.7. The summed E-state index contributed by atoms with van der Waals surface area (Å²) in [6.45, 7) is 1.89. The van der Waals surface area contributed by atoms with E-state index in [1.54, 1.807) is 6.20 Å². The molecule has 1 atom stereocenters. The van der Waals surface area contributed by atoms with E-state index in [1.807, 2.05) is 36.4 Å². The highest BCUT2D eigenvalue weighted by Gasteiger charge is 2.28. The summed E-state index contributed by atoms with van der Waals surface area (Å²) in [5.41, 5.74) is 1.01. The Bertz CT molecular complexity index is 623. The van der Waals surface area contributed by atoms with Crippen molar-refractivity contribution in [2.24, 2.45) is 0 Å². The maximum Gasteiger partial charge on any atom is 0.149 e. The van der Waals surface area contributed by atoms with Gasteiger partial charge < -0.3 is 9.80 Å². The zero-order valence-corrected chi connectivity index (χ0v) is 13.1. The molecule has 0 N–H and O–H groups in total. The highest BCUT2D eigenvalue weighted by molar-refractivity contribution is 7.85. The van der Waals surface area contributed by atoms with Crippen LogP contribution in [-0.2, 0) is 10.8 Å². The second-order valence-corrected chi connectivity index (χ2v) is 6.79. The third-order valence-electron chi connectivity index (χ3n) is 3.55. The first-order chi connectivity index (χ1) is 10.2. The molecule has 2 heterocycles. The van der Waals surface area contributed by atoms with Crippen molar-refractivity contribution < 1.29 is 4.21 Å². The van der Waals surface area contributed by atoms with E-state index in [1.165, 1.54) is 0 Å². The Labute approximate surface area is 127 Å². The van der Waals surface area contributed by atoms with E-state index in [-0.39, 0.29) is 0 Å². The second-order valence-electron chi connectivity index (χ2n) is 5.37. The van der Waals surface area contributed by atoms with Gasteiger partial charge in [-0.05, 0) is 51.3 Å². The lowest BCUT2D eigenvalue weighted by Gasteiger charge is -2.31. The van der Waals surface area contributed by atoms with Crippen LogP contribution in [0.25, 0.3) is 0 Å². The fourth-order valence-corrected chi connectivity index (χ4v) is 3.91. The molecule has 0 fully saturated rings. The summed E-state index contributed by atoms with van der Waals surface area (Å²) < 4.78 is 12.7. The van der Waals surface area contributed by atoms with Gasteiger partial charge >= 0.3 is 0 Å². The summed E-state index contributed by atoms with van der Waals surface area (Å²) in [6, 6.07) is 11.7. The normalized spacial score (nSPS) is 16.7. The van der Waals surface area contributed by atoms with Crippen LogP contribution in [0.15, 0.2) is 52.4 Å². The van der Waals surface area contributed by atoms with Crippen molar-refractivity contribution in [3.05, 3.63) is 42.6 Å². The molecule has 4 nitrogen and oxygen atoms in total. The van der Waals surface area contributed by atoms with Crippen molar-refractivity contribution >= 4 is 22.3 Å². The molecule has 0 aliphatic carbocycles. The van der Waals surface area contributed by atoms with Gasteiger partial charge in [-0.1, -0.05) is 12.1 Å². The molecule has 21 heavy (non-hydrogen) atoms. The van der Waals surface area contributed by atoms with Gasteiger partial charge in [0.2, 0.25) is 0 Å². The van der Waals surface area contributed by atoms with Crippen molar-refractivity contribution in [2.75, 3.05) is 32.1 Å². The fraction of sp³-hybridized carbons (Fsp3) is 0.312.